The number of nitrogens with zero attached hydrogens (tertiary/aromatic N) is 3. The maximum absolute atomic E-state index is 13.4. The number of aromatic nitrogens is 2. The number of carbonyl (C=O) groups excluding carboxylic acids is 1. The average molecular weight is 498 g/mol. The van der Waals surface area contributed by atoms with E-state index in [2.05, 4.69) is 25.7 Å². The van der Waals surface area contributed by atoms with Crippen LogP contribution in [0.15, 0.2) is 35.0 Å². The Hall–Kier alpha value is -1.71. The molecule has 0 radical (unpaired) electrons. The molecule has 0 bridgehead atoms. The van der Waals surface area contributed by atoms with Gasteiger partial charge in [0.15, 0.2) is 5.76 Å². The summed E-state index contributed by atoms with van der Waals surface area (Å²) >= 11 is 0. The first kappa shape index (κ1) is 25.9. The second-order valence-electron chi connectivity index (χ2n) is 8.97. The fourth-order valence-corrected chi connectivity index (χ4v) is 5.54. The van der Waals surface area contributed by atoms with Crippen molar-refractivity contribution in [3.8, 4) is 11.4 Å². The molecule has 2 saturated heterocycles. The van der Waals surface area contributed by atoms with E-state index in [9.17, 15) is 4.79 Å². The van der Waals surface area contributed by atoms with Gasteiger partial charge in [0.05, 0.1) is 30.9 Å². The molecule has 3 aliphatic rings. The smallest absolute Gasteiger partial charge is 0.228 e. The normalized spacial score (nSPS) is 27.5. The minimum absolute atomic E-state index is 0. The van der Waals surface area contributed by atoms with Crippen molar-refractivity contribution < 1.29 is 14.1 Å². The van der Waals surface area contributed by atoms with E-state index in [0.29, 0.717) is 30.0 Å². The number of hydrogen-bond donors (Lipinski definition) is 2. The Morgan fingerprint density at radius 2 is 2.06 bits per heavy atom. The van der Waals surface area contributed by atoms with Gasteiger partial charge < -0.3 is 19.9 Å². The molecule has 33 heavy (non-hydrogen) atoms. The first-order valence-electron chi connectivity index (χ1n) is 11.4. The molecule has 1 saturated carbocycles. The Bertz CT molecular complexity index is 893. The molecule has 182 valence electrons. The molecule has 3 fully saturated rings. The van der Waals surface area contributed by atoms with Crippen LogP contribution >= 0.6 is 24.8 Å². The summed E-state index contributed by atoms with van der Waals surface area (Å²) in [6, 6.07) is 8.10. The fraction of sp³-hybridized carbons (Fsp3) is 0.609. The zero-order chi connectivity index (χ0) is 21.1. The Morgan fingerprint density at radius 1 is 1.21 bits per heavy atom. The summed E-state index contributed by atoms with van der Waals surface area (Å²) in [4.78, 5) is 20.3. The summed E-state index contributed by atoms with van der Waals surface area (Å²) in [5.41, 5.74) is 1.12. The van der Waals surface area contributed by atoms with Gasteiger partial charge in [0, 0.05) is 37.9 Å². The molecule has 1 amide bonds. The van der Waals surface area contributed by atoms with Crippen molar-refractivity contribution in [1.82, 2.24) is 25.7 Å². The van der Waals surface area contributed by atoms with Gasteiger partial charge in [-0.3, -0.25) is 14.7 Å². The maximum atomic E-state index is 13.4. The number of rotatable bonds is 5. The quantitative estimate of drug-likeness (QED) is 0.655. The van der Waals surface area contributed by atoms with Crippen molar-refractivity contribution in [3.05, 3.63) is 36.2 Å². The van der Waals surface area contributed by atoms with Crippen LogP contribution in [0, 0.1) is 11.3 Å². The van der Waals surface area contributed by atoms with E-state index in [0.717, 1.165) is 70.8 Å². The van der Waals surface area contributed by atoms with Gasteiger partial charge in [0.2, 0.25) is 5.91 Å². The summed E-state index contributed by atoms with van der Waals surface area (Å²) in [6.07, 6.45) is 5.88. The molecular formula is C23H33Cl2N5O3. The third kappa shape index (κ3) is 5.52. The SMILES string of the molecule is Cl.Cl.O=C(NCc1cc(-c2ccccn2)no1)[C@@]12CC[C@H](N3CCOCC3)C[C@H]1CCNC2. The first-order valence-corrected chi connectivity index (χ1v) is 11.4. The molecule has 5 rings (SSSR count). The number of morpholine rings is 1. The number of piperidine rings is 1. The lowest BCUT2D eigenvalue weighted by atomic mass is 9.61. The third-order valence-corrected chi connectivity index (χ3v) is 7.30. The number of halogens is 2. The van der Waals surface area contributed by atoms with E-state index in [1.807, 2.05) is 24.3 Å². The molecule has 2 N–H and O–H groups in total. The van der Waals surface area contributed by atoms with Crippen LogP contribution in [0.25, 0.3) is 11.4 Å². The molecule has 2 aromatic rings. The lowest BCUT2D eigenvalue weighted by molar-refractivity contribution is -0.140. The summed E-state index contributed by atoms with van der Waals surface area (Å²) in [6.45, 7) is 5.77. The van der Waals surface area contributed by atoms with Gasteiger partial charge in [0.25, 0.3) is 0 Å². The van der Waals surface area contributed by atoms with E-state index in [-0.39, 0.29) is 36.1 Å². The highest BCUT2D eigenvalue weighted by atomic mass is 35.5. The van der Waals surface area contributed by atoms with Gasteiger partial charge in [-0.1, -0.05) is 11.2 Å². The van der Waals surface area contributed by atoms with Crippen LogP contribution in [0.5, 0.6) is 0 Å². The highest BCUT2D eigenvalue weighted by molar-refractivity contribution is 5.85. The molecule has 0 unspecified atom stereocenters. The van der Waals surface area contributed by atoms with Crippen molar-refractivity contribution in [3.63, 3.8) is 0 Å². The molecule has 2 aromatic heterocycles. The van der Waals surface area contributed by atoms with Crippen LogP contribution in [0.2, 0.25) is 0 Å². The molecule has 2 aliphatic heterocycles. The Balaban J connectivity index is 0.00000153. The van der Waals surface area contributed by atoms with Crippen LogP contribution in [0.3, 0.4) is 0 Å². The van der Waals surface area contributed by atoms with Crippen LogP contribution in [-0.2, 0) is 16.1 Å². The molecule has 8 nitrogen and oxygen atoms in total. The van der Waals surface area contributed by atoms with E-state index >= 15 is 0 Å². The number of nitrogens with one attached hydrogen (secondary N) is 2. The van der Waals surface area contributed by atoms with Crippen LogP contribution in [-0.4, -0.2) is 66.4 Å². The van der Waals surface area contributed by atoms with E-state index in [1.165, 1.54) is 0 Å². The third-order valence-electron chi connectivity index (χ3n) is 7.30. The second-order valence-corrected chi connectivity index (χ2v) is 8.97. The molecule has 3 atom stereocenters. The summed E-state index contributed by atoms with van der Waals surface area (Å²) < 4.78 is 11.0. The first-order chi connectivity index (χ1) is 15.2. The second kappa shape index (κ2) is 11.6. The molecule has 10 heteroatoms. The van der Waals surface area contributed by atoms with Gasteiger partial charge in [-0.15, -0.1) is 24.8 Å². The Morgan fingerprint density at radius 3 is 2.85 bits per heavy atom. The van der Waals surface area contributed by atoms with E-state index in [1.54, 1.807) is 6.20 Å². The molecule has 0 aromatic carbocycles. The lowest BCUT2D eigenvalue weighted by Gasteiger charge is -2.50. The van der Waals surface area contributed by atoms with Crippen molar-refractivity contribution in [1.29, 1.82) is 0 Å². The Kier molecular flexibility index (Phi) is 9.12. The number of amides is 1. The number of hydrogen-bond acceptors (Lipinski definition) is 7. The van der Waals surface area contributed by atoms with E-state index in [4.69, 9.17) is 9.26 Å². The largest absolute Gasteiger partial charge is 0.379 e. The summed E-state index contributed by atoms with van der Waals surface area (Å²) in [5, 5.41) is 10.7. The maximum Gasteiger partial charge on any atom is 0.228 e. The van der Waals surface area contributed by atoms with Gasteiger partial charge in [-0.2, -0.15) is 0 Å². The molecule has 0 spiro atoms. The Labute approximate surface area is 207 Å². The number of fused-ring (bicyclic) bond motifs is 1. The fourth-order valence-electron chi connectivity index (χ4n) is 5.54. The lowest BCUT2D eigenvalue weighted by Crippen LogP contribution is -2.60. The zero-order valence-electron chi connectivity index (χ0n) is 18.7. The van der Waals surface area contributed by atoms with Crippen LogP contribution in [0.1, 0.15) is 31.4 Å². The average Bonchev–Trinajstić information content (AvgIpc) is 3.32. The van der Waals surface area contributed by atoms with Crippen LogP contribution < -0.4 is 10.6 Å². The van der Waals surface area contributed by atoms with Crippen molar-refractivity contribution in [2.24, 2.45) is 11.3 Å². The van der Waals surface area contributed by atoms with Gasteiger partial charge >= 0.3 is 0 Å². The molecule has 1 aliphatic carbocycles. The minimum atomic E-state index is -0.328. The monoisotopic (exact) mass is 497 g/mol. The number of pyridine rings is 1. The van der Waals surface area contributed by atoms with E-state index < -0.39 is 0 Å². The highest BCUT2D eigenvalue weighted by Crippen LogP contribution is 2.46. The predicted octanol–water partition coefficient (Wildman–Crippen LogP) is 2.68. The predicted molar refractivity (Wildman–Crippen MR) is 130 cm³/mol. The van der Waals surface area contributed by atoms with Crippen molar-refractivity contribution in [2.75, 3.05) is 39.4 Å². The number of carbonyl (C=O) groups is 1. The number of ether oxygens (including phenoxy) is 1. The molecule has 4 heterocycles. The highest BCUT2D eigenvalue weighted by Gasteiger charge is 2.50. The summed E-state index contributed by atoms with van der Waals surface area (Å²) in [7, 11) is 0. The standard InChI is InChI=1S/C23H31N5O3.2ClH/c29-22(26-15-19-14-21(27-31-19)20-3-1-2-7-25-20)23-6-4-18(28-9-11-30-12-10-28)13-17(23)5-8-24-16-23;;/h1-3,7,14,17-18,24H,4-6,8-13,15-16H2,(H,26,29);2*1H/t17-,18+,23-;;/m1../s1. The minimum Gasteiger partial charge on any atom is -0.379 e. The topological polar surface area (TPSA) is 92.5 Å². The molecular weight excluding hydrogens is 465 g/mol. The van der Waals surface area contributed by atoms with Crippen LogP contribution in [0.4, 0.5) is 0 Å². The van der Waals surface area contributed by atoms with Gasteiger partial charge in [-0.05, 0) is 50.3 Å². The van der Waals surface area contributed by atoms with Gasteiger partial charge in [0.1, 0.15) is 5.69 Å². The van der Waals surface area contributed by atoms with Crippen molar-refractivity contribution in [2.45, 2.75) is 38.3 Å². The van der Waals surface area contributed by atoms with Gasteiger partial charge in [-0.25, -0.2) is 0 Å². The zero-order valence-corrected chi connectivity index (χ0v) is 20.3. The summed E-state index contributed by atoms with van der Waals surface area (Å²) in [5.74, 6) is 1.20. The van der Waals surface area contributed by atoms with Crippen molar-refractivity contribution >= 4 is 30.7 Å².